The van der Waals surface area contributed by atoms with Gasteiger partial charge in [0.1, 0.15) is 0 Å². The van der Waals surface area contributed by atoms with Crippen molar-refractivity contribution in [3.8, 4) is 0 Å². The Bertz CT molecular complexity index is 294. The van der Waals surface area contributed by atoms with E-state index < -0.39 is 0 Å². The van der Waals surface area contributed by atoms with Crippen LogP contribution < -0.4 is 17.2 Å². The van der Waals surface area contributed by atoms with E-state index in [4.69, 9.17) is 17.2 Å². The smallest absolute Gasteiger partial charge is 0.218 e. The molecule has 0 aromatic rings. The van der Waals surface area contributed by atoms with Gasteiger partial charge in [-0.05, 0) is 12.0 Å². The van der Waals surface area contributed by atoms with Gasteiger partial charge in [-0.1, -0.05) is 18.2 Å². The molecule has 5 heteroatoms. The van der Waals surface area contributed by atoms with E-state index in [9.17, 15) is 0 Å². The monoisotopic (exact) mass is 179 g/mol. The van der Waals surface area contributed by atoms with Gasteiger partial charge < -0.3 is 17.2 Å². The van der Waals surface area contributed by atoms with E-state index in [1.807, 2.05) is 6.08 Å². The number of rotatable bonds is 2. The van der Waals surface area contributed by atoms with Crippen LogP contribution in [0.1, 0.15) is 6.42 Å². The van der Waals surface area contributed by atoms with Gasteiger partial charge in [0.15, 0.2) is 5.96 Å². The second kappa shape index (κ2) is 4.30. The Morgan fingerprint density at radius 2 is 2.15 bits per heavy atom. The fraction of sp³-hybridized carbons (Fsp3) is 0.250. The van der Waals surface area contributed by atoms with E-state index in [-0.39, 0.29) is 11.9 Å². The molecule has 0 fully saturated rings. The van der Waals surface area contributed by atoms with Crippen LogP contribution in [0.4, 0.5) is 0 Å². The molecule has 1 aliphatic carbocycles. The van der Waals surface area contributed by atoms with Crippen LogP contribution in [0.15, 0.2) is 33.8 Å². The highest BCUT2D eigenvalue weighted by Crippen LogP contribution is 2.08. The van der Waals surface area contributed by atoms with Crippen LogP contribution >= 0.6 is 0 Å². The van der Waals surface area contributed by atoms with Crippen LogP contribution in [-0.4, -0.2) is 18.5 Å². The molecule has 0 aliphatic heterocycles. The van der Waals surface area contributed by atoms with Gasteiger partial charge in [-0.3, -0.25) is 0 Å². The predicted molar refractivity (Wildman–Crippen MR) is 54.1 cm³/mol. The third-order valence-electron chi connectivity index (χ3n) is 1.52. The quantitative estimate of drug-likeness (QED) is 0.392. The predicted octanol–water partition coefficient (Wildman–Crippen LogP) is -0.539. The highest BCUT2D eigenvalue weighted by atomic mass is 15.1. The summed E-state index contributed by atoms with van der Waals surface area (Å²) in [6, 6.07) is 0. The van der Waals surface area contributed by atoms with Crippen LogP contribution in [-0.2, 0) is 0 Å². The molecule has 0 aromatic carbocycles. The van der Waals surface area contributed by atoms with Crippen molar-refractivity contribution in [2.45, 2.75) is 6.42 Å². The van der Waals surface area contributed by atoms with Crippen molar-refractivity contribution in [2.24, 2.45) is 27.2 Å². The highest BCUT2D eigenvalue weighted by molar-refractivity contribution is 5.92. The first-order valence-corrected chi connectivity index (χ1v) is 3.93. The van der Waals surface area contributed by atoms with Crippen molar-refractivity contribution >= 4 is 11.9 Å². The molecule has 0 unspecified atom stereocenters. The maximum Gasteiger partial charge on any atom is 0.218 e. The second-order valence-corrected chi connectivity index (χ2v) is 2.63. The van der Waals surface area contributed by atoms with E-state index in [1.165, 1.54) is 0 Å². The molecule has 0 heterocycles. The van der Waals surface area contributed by atoms with Gasteiger partial charge in [0.2, 0.25) is 5.96 Å². The SMILES string of the molecule is NC(N)=NC(N)=NCC1=CCC=C1. The van der Waals surface area contributed by atoms with Gasteiger partial charge in [0, 0.05) is 0 Å². The Balaban J connectivity index is 2.47. The minimum Gasteiger partial charge on any atom is -0.370 e. The number of hydrogen-bond donors (Lipinski definition) is 3. The van der Waals surface area contributed by atoms with Crippen molar-refractivity contribution in [2.75, 3.05) is 6.54 Å². The molecule has 0 bridgehead atoms. The minimum absolute atomic E-state index is 0.0720. The van der Waals surface area contributed by atoms with Gasteiger partial charge in [0.05, 0.1) is 6.54 Å². The average molecular weight is 179 g/mol. The number of aliphatic imine (C=N–C) groups is 2. The van der Waals surface area contributed by atoms with Crippen molar-refractivity contribution in [3.05, 3.63) is 23.8 Å². The zero-order valence-corrected chi connectivity index (χ0v) is 7.27. The third kappa shape index (κ3) is 3.42. The van der Waals surface area contributed by atoms with Crippen LogP contribution in [0.2, 0.25) is 0 Å². The van der Waals surface area contributed by atoms with E-state index in [1.54, 1.807) is 0 Å². The number of allylic oxidation sites excluding steroid dienone is 2. The Labute approximate surface area is 76.7 Å². The summed E-state index contributed by atoms with van der Waals surface area (Å²) < 4.78 is 0. The van der Waals surface area contributed by atoms with Gasteiger partial charge in [-0.15, -0.1) is 0 Å². The maximum absolute atomic E-state index is 5.40. The lowest BCUT2D eigenvalue weighted by Gasteiger charge is -1.95. The summed E-state index contributed by atoms with van der Waals surface area (Å²) in [6.45, 7) is 0.527. The molecule has 0 radical (unpaired) electrons. The lowest BCUT2D eigenvalue weighted by atomic mass is 10.3. The Morgan fingerprint density at radius 3 is 2.69 bits per heavy atom. The van der Waals surface area contributed by atoms with Crippen LogP contribution in [0.3, 0.4) is 0 Å². The normalized spacial score (nSPS) is 15.7. The van der Waals surface area contributed by atoms with Crippen molar-refractivity contribution in [1.82, 2.24) is 0 Å². The standard InChI is InChI=1S/C8H13N5/c9-7(10)13-8(11)12-5-6-3-1-2-4-6/h1,3-4H,2,5H2,(H6,9,10,11,12,13). The van der Waals surface area contributed by atoms with E-state index in [2.05, 4.69) is 22.1 Å². The molecule has 70 valence electrons. The highest BCUT2D eigenvalue weighted by Gasteiger charge is 1.96. The minimum atomic E-state index is -0.0720. The summed E-state index contributed by atoms with van der Waals surface area (Å²) in [5, 5.41) is 0. The first-order chi connectivity index (χ1) is 6.18. The molecule has 0 spiro atoms. The summed E-state index contributed by atoms with van der Waals surface area (Å²) in [5.74, 6) is 0.0402. The molecule has 0 amide bonds. The molecule has 13 heavy (non-hydrogen) atoms. The summed E-state index contributed by atoms with van der Waals surface area (Å²) >= 11 is 0. The Morgan fingerprint density at radius 1 is 1.38 bits per heavy atom. The maximum atomic E-state index is 5.40. The summed E-state index contributed by atoms with van der Waals surface area (Å²) in [7, 11) is 0. The van der Waals surface area contributed by atoms with Gasteiger partial charge in [0.25, 0.3) is 0 Å². The summed E-state index contributed by atoms with van der Waals surface area (Å²) in [5.41, 5.74) is 16.8. The average Bonchev–Trinajstić information content (AvgIpc) is 2.51. The lowest BCUT2D eigenvalue weighted by molar-refractivity contribution is 1.16. The molecular weight excluding hydrogens is 166 g/mol. The topological polar surface area (TPSA) is 103 Å². The molecule has 5 nitrogen and oxygen atoms in total. The lowest BCUT2D eigenvalue weighted by Crippen LogP contribution is -2.26. The number of guanidine groups is 2. The molecule has 0 saturated carbocycles. The summed E-state index contributed by atoms with van der Waals surface area (Å²) in [6.07, 6.45) is 7.10. The Hall–Kier alpha value is -1.78. The van der Waals surface area contributed by atoms with Crippen LogP contribution in [0.5, 0.6) is 0 Å². The molecule has 6 N–H and O–H groups in total. The molecule has 0 aromatic heterocycles. The second-order valence-electron chi connectivity index (χ2n) is 2.63. The van der Waals surface area contributed by atoms with Crippen molar-refractivity contribution < 1.29 is 0 Å². The third-order valence-corrected chi connectivity index (χ3v) is 1.52. The molecule has 1 rings (SSSR count). The van der Waals surface area contributed by atoms with E-state index >= 15 is 0 Å². The molecule has 0 atom stereocenters. The van der Waals surface area contributed by atoms with Crippen LogP contribution in [0.25, 0.3) is 0 Å². The largest absolute Gasteiger partial charge is 0.370 e. The first kappa shape index (κ1) is 9.31. The van der Waals surface area contributed by atoms with E-state index in [0.29, 0.717) is 6.54 Å². The Kier molecular flexibility index (Phi) is 3.08. The zero-order chi connectivity index (χ0) is 9.68. The molecule has 0 saturated heterocycles. The van der Waals surface area contributed by atoms with E-state index in [0.717, 1.165) is 12.0 Å². The number of hydrogen-bond acceptors (Lipinski definition) is 1. The molecule has 1 aliphatic rings. The first-order valence-electron chi connectivity index (χ1n) is 3.93. The summed E-state index contributed by atoms with van der Waals surface area (Å²) in [4.78, 5) is 7.56. The van der Waals surface area contributed by atoms with Gasteiger partial charge in [-0.25, -0.2) is 4.99 Å². The van der Waals surface area contributed by atoms with Gasteiger partial charge in [-0.2, -0.15) is 4.99 Å². The van der Waals surface area contributed by atoms with Crippen LogP contribution in [0, 0.1) is 0 Å². The van der Waals surface area contributed by atoms with Crippen molar-refractivity contribution in [3.63, 3.8) is 0 Å². The fourth-order valence-corrected chi connectivity index (χ4v) is 0.964. The zero-order valence-electron chi connectivity index (χ0n) is 7.27. The number of nitrogens with two attached hydrogens (primary N) is 3. The number of nitrogens with zero attached hydrogens (tertiary/aromatic N) is 2. The van der Waals surface area contributed by atoms with Gasteiger partial charge >= 0.3 is 0 Å². The molecular formula is C8H13N5. The fourth-order valence-electron chi connectivity index (χ4n) is 0.964. The van der Waals surface area contributed by atoms with Crippen molar-refractivity contribution in [1.29, 1.82) is 0 Å².